The number of ether oxygens (including phenoxy) is 1. The molecule has 21 heavy (non-hydrogen) atoms. The Kier molecular flexibility index (Phi) is 3.93. The lowest BCUT2D eigenvalue weighted by Gasteiger charge is -2.16. The van der Waals surface area contributed by atoms with Crippen molar-refractivity contribution < 1.29 is 9.15 Å². The van der Waals surface area contributed by atoms with Gasteiger partial charge in [0.15, 0.2) is 0 Å². The van der Waals surface area contributed by atoms with E-state index in [2.05, 4.69) is 24.4 Å². The van der Waals surface area contributed by atoms with Gasteiger partial charge in [0, 0.05) is 29.1 Å². The zero-order chi connectivity index (χ0) is 14.7. The Labute approximate surface area is 124 Å². The van der Waals surface area contributed by atoms with E-state index >= 15 is 0 Å². The van der Waals surface area contributed by atoms with E-state index in [9.17, 15) is 0 Å². The fourth-order valence-electron chi connectivity index (χ4n) is 2.57. The van der Waals surface area contributed by atoms with Gasteiger partial charge in [0.2, 0.25) is 0 Å². The highest BCUT2D eigenvalue weighted by Gasteiger charge is 2.11. The number of fused-ring (bicyclic) bond motifs is 1. The summed E-state index contributed by atoms with van der Waals surface area (Å²) in [7, 11) is 1.70. The molecule has 0 aliphatic heterocycles. The van der Waals surface area contributed by atoms with Crippen molar-refractivity contribution in [2.45, 2.75) is 19.5 Å². The van der Waals surface area contributed by atoms with Gasteiger partial charge in [-0.25, -0.2) is 0 Å². The van der Waals surface area contributed by atoms with Gasteiger partial charge in [0.25, 0.3) is 0 Å². The van der Waals surface area contributed by atoms with Crippen LogP contribution < -0.4 is 10.1 Å². The second-order valence-corrected chi connectivity index (χ2v) is 5.10. The summed E-state index contributed by atoms with van der Waals surface area (Å²) in [6, 6.07) is 16.4. The first kappa shape index (κ1) is 13.7. The molecule has 0 saturated carbocycles. The Bertz CT molecular complexity index is 733. The van der Waals surface area contributed by atoms with E-state index in [1.165, 1.54) is 5.56 Å². The molecule has 3 nitrogen and oxygen atoms in total. The van der Waals surface area contributed by atoms with E-state index in [4.69, 9.17) is 9.15 Å². The molecule has 3 rings (SSSR count). The molecule has 2 aromatic carbocycles. The summed E-state index contributed by atoms with van der Waals surface area (Å²) in [6.07, 6.45) is 1.83. The number of para-hydroxylation sites is 2. The predicted octanol–water partition coefficient (Wildman–Crippen LogP) is 4.29. The zero-order valence-corrected chi connectivity index (χ0v) is 12.3. The van der Waals surface area contributed by atoms with Crippen molar-refractivity contribution in [3.63, 3.8) is 0 Å². The lowest BCUT2D eigenvalue weighted by molar-refractivity contribution is 0.401. The summed E-state index contributed by atoms with van der Waals surface area (Å²) in [5.41, 5.74) is 3.26. The van der Waals surface area contributed by atoms with Crippen LogP contribution >= 0.6 is 0 Å². The normalized spacial score (nSPS) is 12.5. The van der Waals surface area contributed by atoms with Gasteiger partial charge in [-0.1, -0.05) is 36.4 Å². The summed E-state index contributed by atoms with van der Waals surface area (Å²) < 4.78 is 11.0. The van der Waals surface area contributed by atoms with Crippen LogP contribution in [0.5, 0.6) is 5.75 Å². The van der Waals surface area contributed by atoms with Crippen LogP contribution in [0, 0.1) is 0 Å². The third kappa shape index (κ3) is 2.78. The van der Waals surface area contributed by atoms with E-state index in [0.29, 0.717) is 0 Å². The largest absolute Gasteiger partial charge is 0.496 e. The van der Waals surface area contributed by atoms with Crippen LogP contribution in [0.4, 0.5) is 0 Å². The van der Waals surface area contributed by atoms with Gasteiger partial charge < -0.3 is 14.5 Å². The molecule has 3 aromatic rings. The number of furan rings is 1. The van der Waals surface area contributed by atoms with Gasteiger partial charge in [-0.2, -0.15) is 0 Å². The average Bonchev–Trinajstić information content (AvgIpc) is 2.96. The number of rotatable bonds is 5. The molecule has 1 heterocycles. The summed E-state index contributed by atoms with van der Waals surface area (Å²) in [5.74, 6) is 0.912. The minimum atomic E-state index is 0.204. The van der Waals surface area contributed by atoms with Crippen molar-refractivity contribution in [2.24, 2.45) is 0 Å². The van der Waals surface area contributed by atoms with Gasteiger partial charge in [0.05, 0.1) is 13.4 Å². The van der Waals surface area contributed by atoms with E-state index in [1.54, 1.807) is 7.11 Å². The van der Waals surface area contributed by atoms with Gasteiger partial charge in [-0.15, -0.1) is 0 Å². The van der Waals surface area contributed by atoms with Crippen molar-refractivity contribution in [3.8, 4) is 5.75 Å². The van der Waals surface area contributed by atoms with Crippen molar-refractivity contribution in [1.29, 1.82) is 0 Å². The number of hydrogen-bond donors (Lipinski definition) is 1. The maximum Gasteiger partial charge on any atom is 0.134 e. The number of benzene rings is 2. The highest BCUT2D eigenvalue weighted by molar-refractivity contribution is 5.80. The predicted molar refractivity (Wildman–Crippen MR) is 84.5 cm³/mol. The Morgan fingerprint density at radius 3 is 2.71 bits per heavy atom. The third-order valence-corrected chi connectivity index (χ3v) is 3.77. The van der Waals surface area contributed by atoms with Crippen molar-refractivity contribution in [2.75, 3.05) is 7.11 Å². The second-order valence-electron chi connectivity index (χ2n) is 5.10. The molecule has 0 saturated heterocycles. The minimum absolute atomic E-state index is 0.204. The summed E-state index contributed by atoms with van der Waals surface area (Å²) in [5, 5.41) is 4.69. The lowest BCUT2D eigenvalue weighted by Crippen LogP contribution is -2.18. The molecular formula is C18H19NO2. The van der Waals surface area contributed by atoms with Crippen LogP contribution in [0.15, 0.2) is 59.2 Å². The topological polar surface area (TPSA) is 34.4 Å². The first-order valence-electron chi connectivity index (χ1n) is 7.11. The van der Waals surface area contributed by atoms with Crippen LogP contribution in [-0.4, -0.2) is 7.11 Å². The number of hydrogen-bond acceptors (Lipinski definition) is 3. The van der Waals surface area contributed by atoms with Gasteiger partial charge in [0.1, 0.15) is 11.3 Å². The quantitative estimate of drug-likeness (QED) is 0.757. The molecule has 0 spiro atoms. The molecule has 3 heteroatoms. The Morgan fingerprint density at radius 1 is 1.10 bits per heavy atom. The first-order chi connectivity index (χ1) is 10.3. The van der Waals surface area contributed by atoms with Crippen LogP contribution in [0.25, 0.3) is 11.0 Å². The van der Waals surface area contributed by atoms with E-state index in [0.717, 1.165) is 28.8 Å². The van der Waals surface area contributed by atoms with Crippen molar-refractivity contribution >= 4 is 11.0 Å². The standard InChI is InChI=1S/C18H19NO2/c1-13(15-7-3-5-9-17(15)20-2)19-11-14-12-21-18-10-6-4-8-16(14)18/h3-10,12-13,19H,11H2,1-2H3/t13-/m0/s1. The molecule has 0 aliphatic rings. The Hall–Kier alpha value is -2.26. The fourth-order valence-corrected chi connectivity index (χ4v) is 2.57. The molecule has 108 valence electrons. The van der Waals surface area contributed by atoms with E-state index in [-0.39, 0.29) is 6.04 Å². The summed E-state index contributed by atoms with van der Waals surface area (Å²) in [6.45, 7) is 2.90. The molecule has 1 N–H and O–H groups in total. The maximum absolute atomic E-state index is 5.57. The van der Waals surface area contributed by atoms with Crippen molar-refractivity contribution in [1.82, 2.24) is 5.32 Å². The van der Waals surface area contributed by atoms with Gasteiger partial charge in [-0.3, -0.25) is 0 Å². The van der Waals surface area contributed by atoms with Gasteiger partial charge >= 0.3 is 0 Å². The SMILES string of the molecule is COc1ccccc1[C@H](C)NCc1coc2ccccc12. The maximum atomic E-state index is 5.57. The molecule has 0 bridgehead atoms. The molecule has 0 fully saturated rings. The summed E-state index contributed by atoms with van der Waals surface area (Å²) >= 11 is 0. The first-order valence-corrected chi connectivity index (χ1v) is 7.11. The lowest BCUT2D eigenvalue weighted by atomic mass is 10.1. The molecule has 1 aromatic heterocycles. The molecule has 0 aliphatic carbocycles. The number of methoxy groups -OCH3 is 1. The van der Waals surface area contributed by atoms with Crippen molar-refractivity contribution in [3.05, 3.63) is 65.9 Å². The van der Waals surface area contributed by atoms with Gasteiger partial charge in [-0.05, 0) is 19.1 Å². The van der Waals surface area contributed by atoms with Crippen LogP contribution in [0.3, 0.4) is 0 Å². The minimum Gasteiger partial charge on any atom is -0.496 e. The van der Waals surface area contributed by atoms with Crippen LogP contribution in [0.2, 0.25) is 0 Å². The molecular weight excluding hydrogens is 262 g/mol. The van der Waals surface area contributed by atoms with E-state index in [1.807, 2.05) is 42.7 Å². The molecule has 0 amide bonds. The number of nitrogens with one attached hydrogen (secondary N) is 1. The monoisotopic (exact) mass is 281 g/mol. The second kappa shape index (κ2) is 6.02. The zero-order valence-electron chi connectivity index (χ0n) is 12.3. The third-order valence-electron chi connectivity index (χ3n) is 3.77. The van der Waals surface area contributed by atoms with Crippen LogP contribution in [-0.2, 0) is 6.54 Å². The smallest absolute Gasteiger partial charge is 0.134 e. The summed E-state index contributed by atoms with van der Waals surface area (Å²) in [4.78, 5) is 0. The molecule has 0 unspecified atom stereocenters. The molecule has 1 atom stereocenters. The Balaban J connectivity index is 1.75. The average molecular weight is 281 g/mol. The highest BCUT2D eigenvalue weighted by Crippen LogP contribution is 2.26. The fraction of sp³-hybridized carbons (Fsp3) is 0.222. The highest BCUT2D eigenvalue weighted by atomic mass is 16.5. The van der Waals surface area contributed by atoms with E-state index < -0.39 is 0 Å². The van der Waals surface area contributed by atoms with Crippen LogP contribution in [0.1, 0.15) is 24.1 Å². The molecule has 0 radical (unpaired) electrons. The Morgan fingerprint density at radius 2 is 1.86 bits per heavy atom.